The fourth-order valence-electron chi connectivity index (χ4n) is 3.77. The zero-order valence-corrected chi connectivity index (χ0v) is 14.9. The Bertz CT molecular complexity index is 646. The SMILES string of the molecule is CC1CN(C(=O)CCN2C(=O)C(C)(C)c3ccccc32)CC(C)O1. The van der Waals surface area contributed by atoms with E-state index in [1.165, 1.54) is 0 Å². The van der Waals surface area contributed by atoms with E-state index in [1.807, 2.05) is 56.9 Å². The third kappa shape index (κ3) is 2.93. The van der Waals surface area contributed by atoms with Gasteiger partial charge in [-0.3, -0.25) is 9.59 Å². The highest BCUT2D eigenvalue weighted by Crippen LogP contribution is 2.41. The van der Waals surface area contributed by atoms with Crippen LogP contribution in [0.5, 0.6) is 0 Å². The molecule has 1 aromatic carbocycles. The average molecular weight is 330 g/mol. The molecule has 130 valence electrons. The molecule has 1 aromatic rings. The Morgan fingerprint density at radius 1 is 1.21 bits per heavy atom. The maximum Gasteiger partial charge on any atom is 0.237 e. The summed E-state index contributed by atoms with van der Waals surface area (Å²) in [5.41, 5.74) is 1.45. The van der Waals surface area contributed by atoms with Crippen molar-refractivity contribution >= 4 is 17.5 Å². The number of para-hydroxylation sites is 1. The van der Waals surface area contributed by atoms with E-state index in [-0.39, 0.29) is 24.0 Å². The summed E-state index contributed by atoms with van der Waals surface area (Å²) in [5.74, 6) is 0.159. The van der Waals surface area contributed by atoms with E-state index >= 15 is 0 Å². The maximum atomic E-state index is 12.8. The maximum absolute atomic E-state index is 12.8. The summed E-state index contributed by atoms with van der Waals surface area (Å²) in [4.78, 5) is 28.9. The monoisotopic (exact) mass is 330 g/mol. The third-order valence-corrected chi connectivity index (χ3v) is 4.97. The van der Waals surface area contributed by atoms with Crippen LogP contribution in [0.25, 0.3) is 0 Å². The Labute approximate surface area is 143 Å². The molecule has 2 aliphatic rings. The Hall–Kier alpha value is -1.88. The second-order valence-corrected chi connectivity index (χ2v) is 7.40. The first kappa shape index (κ1) is 17.0. The van der Waals surface area contributed by atoms with Gasteiger partial charge in [0.05, 0.1) is 17.6 Å². The van der Waals surface area contributed by atoms with Gasteiger partial charge in [-0.1, -0.05) is 18.2 Å². The molecule has 0 aliphatic carbocycles. The summed E-state index contributed by atoms with van der Waals surface area (Å²) in [6.45, 7) is 9.54. The largest absolute Gasteiger partial charge is 0.372 e. The van der Waals surface area contributed by atoms with Gasteiger partial charge < -0.3 is 14.5 Å². The molecule has 2 heterocycles. The number of nitrogens with zero attached hydrogens (tertiary/aromatic N) is 2. The molecule has 0 spiro atoms. The molecule has 2 atom stereocenters. The summed E-state index contributed by atoms with van der Waals surface area (Å²) < 4.78 is 5.68. The normalized spacial score (nSPS) is 25.8. The molecular formula is C19H26N2O3. The molecule has 0 bridgehead atoms. The number of carbonyl (C=O) groups excluding carboxylic acids is 2. The quantitative estimate of drug-likeness (QED) is 0.855. The number of fused-ring (bicyclic) bond motifs is 1. The first-order valence-corrected chi connectivity index (χ1v) is 8.65. The Morgan fingerprint density at radius 3 is 2.50 bits per heavy atom. The zero-order chi connectivity index (χ0) is 17.5. The van der Waals surface area contributed by atoms with Gasteiger partial charge in [0.1, 0.15) is 0 Å². The highest BCUT2D eigenvalue weighted by Gasteiger charge is 2.43. The van der Waals surface area contributed by atoms with Gasteiger partial charge in [-0.05, 0) is 39.3 Å². The Morgan fingerprint density at radius 2 is 1.83 bits per heavy atom. The van der Waals surface area contributed by atoms with Crippen molar-refractivity contribution in [2.75, 3.05) is 24.5 Å². The van der Waals surface area contributed by atoms with Crippen LogP contribution in [-0.2, 0) is 19.7 Å². The second-order valence-electron chi connectivity index (χ2n) is 7.40. The fourth-order valence-corrected chi connectivity index (χ4v) is 3.77. The lowest BCUT2D eigenvalue weighted by molar-refractivity contribution is -0.143. The van der Waals surface area contributed by atoms with Crippen molar-refractivity contribution in [3.05, 3.63) is 29.8 Å². The van der Waals surface area contributed by atoms with E-state index in [1.54, 1.807) is 4.90 Å². The van der Waals surface area contributed by atoms with Crippen LogP contribution in [0.1, 0.15) is 39.7 Å². The Kier molecular flexibility index (Phi) is 4.38. The molecule has 2 unspecified atom stereocenters. The number of benzene rings is 1. The zero-order valence-electron chi connectivity index (χ0n) is 14.9. The van der Waals surface area contributed by atoms with Crippen molar-refractivity contribution in [2.45, 2.75) is 51.7 Å². The molecule has 2 amide bonds. The number of carbonyl (C=O) groups is 2. The molecular weight excluding hydrogens is 304 g/mol. The van der Waals surface area contributed by atoms with Crippen LogP contribution in [0.4, 0.5) is 5.69 Å². The van der Waals surface area contributed by atoms with E-state index < -0.39 is 5.41 Å². The number of hydrogen-bond acceptors (Lipinski definition) is 3. The van der Waals surface area contributed by atoms with Crippen molar-refractivity contribution in [1.29, 1.82) is 0 Å². The molecule has 5 heteroatoms. The highest BCUT2D eigenvalue weighted by atomic mass is 16.5. The molecule has 1 saturated heterocycles. The van der Waals surface area contributed by atoms with Crippen LogP contribution in [0, 0.1) is 0 Å². The standard InChI is InChI=1S/C19H26N2O3/c1-13-11-20(12-14(2)24-13)17(22)9-10-21-16-8-6-5-7-15(16)19(3,4)18(21)23/h5-8,13-14H,9-12H2,1-4H3. The van der Waals surface area contributed by atoms with Crippen molar-refractivity contribution < 1.29 is 14.3 Å². The van der Waals surface area contributed by atoms with Gasteiger partial charge in [-0.15, -0.1) is 0 Å². The minimum atomic E-state index is -0.526. The van der Waals surface area contributed by atoms with Gasteiger partial charge in [0.2, 0.25) is 11.8 Å². The molecule has 0 aromatic heterocycles. The minimum absolute atomic E-state index is 0.0609. The lowest BCUT2D eigenvalue weighted by Crippen LogP contribution is -2.49. The summed E-state index contributed by atoms with van der Waals surface area (Å²) in [6.07, 6.45) is 0.465. The Balaban J connectivity index is 1.69. The van der Waals surface area contributed by atoms with Crippen LogP contribution in [-0.4, -0.2) is 48.6 Å². The van der Waals surface area contributed by atoms with Crippen molar-refractivity contribution in [3.63, 3.8) is 0 Å². The van der Waals surface area contributed by atoms with Crippen LogP contribution in [0.2, 0.25) is 0 Å². The van der Waals surface area contributed by atoms with Gasteiger partial charge in [0.25, 0.3) is 0 Å². The highest BCUT2D eigenvalue weighted by molar-refractivity contribution is 6.07. The summed E-state index contributed by atoms with van der Waals surface area (Å²) >= 11 is 0. The topological polar surface area (TPSA) is 49.9 Å². The van der Waals surface area contributed by atoms with Gasteiger partial charge in [-0.2, -0.15) is 0 Å². The second kappa shape index (κ2) is 6.20. The molecule has 5 nitrogen and oxygen atoms in total. The van der Waals surface area contributed by atoms with E-state index in [2.05, 4.69) is 0 Å². The molecule has 0 saturated carbocycles. The number of amides is 2. The van der Waals surface area contributed by atoms with Gasteiger partial charge in [0, 0.05) is 31.7 Å². The third-order valence-electron chi connectivity index (χ3n) is 4.97. The number of rotatable bonds is 3. The molecule has 0 radical (unpaired) electrons. The van der Waals surface area contributed by atoms with Gasteiger partial charge in [-0.25, -0.2) is 0 Å². The number of hydrogen-bond donors (Lipinski definition) is 0. The first-order chi connectivity index (χ1) is 11.3. The average Bonchev–Trinajstić information content (AvgIpc) is 2.72. The number of morpholine rings is 1. The molecule has 1 fully saturated rings. The summed E-state index contributed by atoms with van der Waals surface area (Å²) in [6, 6.07) is 7.86. The molecule has 2 aliphatic heterocycles. The van der Waals surface area contributed by atoms with Crippen molar-refractivity contribution in [3.8, 4) is 0 Å². The molecule has 24 heavy (non-hydrogen) atoms. The lowest BCUT2D eigenvalue weighted by atomic mass is 9.86. The van der Waals surface area contributed by atoms with Crippen LogP contribution < -0.4 is 4.90 Å². The molecule has 0 N–H and O–H groups in total. The minimum Gasteiger partial charge on any atom is -0.372 e. The summed E-state index contributed by atoms with van der Waals surface area (Å²) in [7, 11) is 0. The predicted molar refractivity (Wildman–Crippen MR) is 93.0 cm³/mol. The molecule has 3 rings (SSSR count). The van der Waals surface area contributed by atoms with Gasteiger partial charge in [0.15, 0.2) is 0 Å². The fraction of sp³-hybridized carbons (Fsp3) is 0.579. The van der Waals surface area contributed by atoms with E-state index in [0.717, 1.165) is 11.3 Å². The first-order valence-electron chi connectivity index (χ1n) is 8.65. The lowest BCUT2D eigenvalue weighted by Gasteiger charge is -2.35. The number of ether oxygens (including phenoxy) is 1. The smallest absolute Gasteiger partial charge is 0.237 e. The predicted octanol–water partition coefficient (Wildman–Crippen LogP) is 2.34. The van der Waals surface area contributed by atoms with E-state index in [4.69, 9.17) is 4.74 Å². The van der Waals surface area contributed by atoms with E-state index in [9.17, 15) is 9.59 Å². The van der Waals surface area contributed by atoms with Crippen molar-refractivity contribution in [2.24, 2.45) is 0 Å². The number of anilines is 1. The van der Waals surface area contributed by atoms with Crippen molar-refractivity contribution in [1.82, 2.24) is 4.90 Å². The van der Waals surface area contributed by atoms with Gasteiger partial charge >= 0.3 is 0 Å². The van der Waals surface area contributed by atoms with Crippen LogP contribution >= 0.6 is 0 Å². The van der Waals surface area contributed by atoms with Crippen LogP contribution in [0.15, 0.2) is 24.3 Å². The summed E-state index contributed by atoms with van der Waals surface area (Å²) in [5, 5.41) is 0. The van der Waals surface area contributed by atoms with Crippen LogP contribution in [0.3, 0.4) is 0 Å². The van der Waals surface area contributed by atoms with E-state index in [0.29, 0.717) is 26.1 Å².